The molecule has 0 heterocycles. The summed E-state index contributed by atoms with van der Waals surface area (Å²) in [7, 11) is -6.24. The van der Waals surface area contributed by atoms with E-state index in [1.165, 1.54) is 5.30 Å². The van der Waals surface area contributed by atoms with Crippen LogP contribution in [0.4, 0.5) is 0 Å². The maximum atomic E-state index is 4.50. The zero-order chi connectivity index (χ0) is 30.9. The van der Waals surface area contributed by atoms with Gasteiger partial charge in [-0.2, -0.15) is 0 Å². The first-order chi connectivity index (χ1) is 16.2. The maximum absolute atomic E-state index is 4.50. The molecule has 0 bridgehead atoms. The van der Waals surface area contributed by atoms with E-state index in [2.05, 4.69) is 159 Å². The van der Waals surface area contributed by atoms with Gasteiger partial charge in [-0.05, 0) is 20.2 Å². The fourth-order valence-corrected chi connectivity index (χ4v) is 67.0. The van der Waals surface area contributed by atoms with Gasteiger partial charge in [0.1, 0.15) is 0 Å². The van der Waals surface area contributed by atoms with Crippen molar-refractivity contribution in [2.75, 3.05) is 0 Å². The van der Waals surface area contributed by atoms with Gasteiger partial charge in [0, 0.05) is 56.5 Å². The molecule has 1 rings (SSSR count). The quantitative estimate of drug-likeness (QED) is 0.176. The minimum atomic E-state index is -1.61. The Balaban J connectivity index is 0.0000144. The minimum Gasteiger partial charge on any atom is -0.524 e. The van der Waals surface area contributed by atoms with Crippen molar-refractivity contribution in [3.8, 4) is 0 Å². The zero-order valence-electron chi connectivity index (χ0n) is 30.8. The summed E-state index contributed by atoms with van der Waals surface area (Å²) in [5, 5.41) is 2.99. The van der Waals surface area contributed by atoms with Crippen molar-refractivity contribution < 1.29 is 18.9 Å². The number of hydrogen-bond donors (Lipinski definition) is 0. The Bertz CT molecular complexity index is 873. The van der Waals surface area contributed by atoms with Crippen LogP contribution in [0.5, 0.6) is 0 Å². The second-order valence-electron chi connectivity index (χ2n) is 19.9. The van der Waals surface area contributed by atoms with Gasteiger partial charge >= 0.3 is 18.9 Å². The summed E-state index contributed by atoms with van der Waals surface area (Å²) in [6, 6.07) is 5.68. The fourth-order valence-electron chi connectivity index (χ4n) is 10.5. The maximum Gasteiger partial charge on any atom is 1.00 e. The summed E-state index contributed by atoms with van der Waals surface area (Å²) in [5.74, 6) is 0. The van der Waals surface area contributed by atoms with Gasteiger partial charge in [-0.15, -0.1) is 0 Å². The predicted octanol–water partition coefficient (Wildman–Crippen LogP) is 8.01. The molecule has 0 amide bonds. The van der Waals surface area contributed by atoms with Gasteiger partial charge in [0.25, 0.3) is 0 Å². The molecule has 0 N–H and O–H groups in total. The molecule has 39 heavy (non-hydrogen) atoms. The van der Waals surface area contributed by atoms with E-state index in [1.54, 1.807) is 16.7 Å². The van der Waals surface area contributed by atoms with Gasteiger partial charge in [0.05, 0.1) is 0 Å². The van der Waals surface area contributed by atoms with Crippen molar-refractivity contribution in [3.63, 3.8) is 0 Å². The van der Waals surface area contributed by atoms with Crippen LogP contribution in [0.3, 0.4) is 0 Å². The Labute approximate surface area is 268 Å². The van der Waals surface area contributed by atoms with Crippen molar-refractivity contribution in [3.05, 3.63) is 28.8 Å². The van der Waals surface area contributed by atoms with Crippen LogP contribution in [0.25, 0.3) is 0 Å². The molecule has 0 atom stereocenters. The van der Waals surface area contributed by atoms with E-state index < -0.39 is 56.5 Å². The Hall–Kier alpha value is 1.77. The third kappa shape index (κ3) is 8.28. The molecular formula is C30H68LiPSi7. The van der Waals surface area contributed by atoms with Crippen molar-refractivity contribution in [2.24, 2.45) is 0 Å². The van der Waals surface area contributed by atoms with E-state index in [0.29, 0.717) is 4.28 Å². The normalized spacial score (nSPS) is 15.2. The first kappa shape index (κ1) is 40.8. The monoisotopic (exact) mass is 662 g/mol. The Morgan fingerprint density at radius 1 is 0.462 bits per heavy atom. The summed E-state index contributed by atoms with van der Waals surface area (Å²) < 4.78 is 0.406. The molecule has 0 nitrogen and oxygen atoms in total. The minimum absolute atomic E-state index is 0. The first-order valence-corrected chi connectivity index (χ1v) is 40.4. The Kier molecular flexibility index (Phi) is 12.8. The van der Waals surface area contributed by atoms with E-state index in [9.17, 15) is 0 Å². The van der Waals surface area contributed by atoms with Crippen molar-refractivity contribution >= 4 is 71.1 Å². The van der Waals surface area contributed by atoms with Crippen LogP contribution >= 0.6 is 9.24 Å². The standard InChI is InChI=1S/C30H68PSi7.Li/c1-32(2,3)28(33(4,5)6)25-22-24(30(36(13,14)15,37(16,17)18)38(19,20)21)23-26(27(25)31)29(34(7,8)9)35(10,11)12;/h22-23,28-29,31H,1-21H3;/q-1;+1. The van der Waals surface area contributed by atoms with Gasteiger partial charge in [0.15, 0.2) is 0 Å². The summed E-state index contributed by atoms with van der Waals surface area (Å²) in [5.41, 5.74) is 5.21. The van der Waals surface area contributed by atoms with E-state index in [-0.39, 0.29) is 18.9 Å². The number of rotatable bonds is 10. The van der Waals surface area contributed by atoms with Gasteiger partial charge < -0.3 is 9.24 Å². The molecule has 0 saturated carbocycles. The van der Waals surface area contributed by atoms with Gasteiger partial charge in [-0.1, -0.05) is 161 Å². The van der Waals surface area contributed by atoms with Crippen LogP contribution in [-0.2, 0) is 4.28 Å². The molecule has 1 aromatic carbocycles. The summed E-state index contributed by atoms with van der Waals surface area (Å²) in [4.78, 5) is 0. The molecule has 0 aromatic heterocycles. The van der Waals surface area contributed by atoms with Crippen LogP contribution in [-0.4, -0.2) is 56.5 Å². The molecule has 9 heteroatoms. The third-order valence-electron chi connectivity index (χ3n) is 9.09. The molecule has 0 unspecified atom stereocenters. The average Bonchev–Trinajstić information content (AvgIpc) is 2.49. The van der Waals surface area contributed by atoms with Crippen LogP contribution in [0, 0.1) is 0 Å². The number of benzene rings is 1. The van der Waals surface area contributed by atoms with Gasteiger partial charge in [-0.25, -0.2) is 5.30 Å². The zero-order valence-corrected chi connectivity index (χ0v) is 38.8. The summed E-state index contributed by atoms with van der Waals surface area (Å²) >= 11 is 0. The Morgan fingerprint density at radius 3 is 0.821 bits per heavy atom. The third-order valence-corrected chi connectivity index (χ3v) is 49.4. The molecular weight excluding hydrogens is 595 g/mol. The molecule has 0 aliphatic carbocycles. The molecule has 0 radical (unpaired) electrons. The van der Waals surface area contributed by atoms with Crippen LogP contribution in [0.2, 0.25) is 137 Å². The van der Waals surface area contributed by atoms with Crippen molar-refractivity contribution in [1.82, 2.24) is 0 Å². The van der Waals surface area contributed by atoms with Crippen molar-refractivity contribution in [2.45, 2.75) is 152 Å². The molecule has 0 aliphatic rings. The van der Waals surface area contributed by atoms with E-state index in [4.69, 9.17) is 0 Å². The smallest absolute Gasteiger partial charge is 0.524 e. The van der Waals surface area contributed by atoms with Crippen molar-refractivity contribution in [1.29, 1.82) is 0 Å². The van der Waals surface area contributed by atoms with Gasteiger partial charge in [0.2, 0.25) is 0 Å². The van der Waals surface area contributed by atoms with Crippen LogP contribution in [0.15, 0.2) is 12.1 Å². The average molecular weight is 663 g/mol. The van der Waals surface area contributed by atoms with Gasteiger partial charge in [-0.3, -0.25) is 0 Å². The summed E-state index contributed by atoms with van der Waals surface area (Å²) in [6.45, 7) is 56.2. The van der Waals surface area contributed by atoms with Crippen LogP contribution in [0.1, 0.15) is 27.0 Å². The van der Waals surface area contributed by atoms with E-state index >= 15 is 0 Å². The van der Waals surface area contributed by atoms with E-state index in [0.717, 1.165) is 10.3 Å². The molecule has 0 spiro atoms. The second kappa shape index (κ2) is 12.3. The fraction of sp³-hybridized carbons (Fsp3) is 0.800. The Morgan fingerprint density at radius 2 is 0.667 bits per heavy atom. The molecule has 0 saturated heterocycles. The second-order valence-corrected chi connectivity index (χ2v) is 60.0. The topological polar surface area (TPSA) is 0 Å². The molecule has 1 aromatic rings. The molecule has 222 valence electrons. The first-order valence-electron chi connectivity index (χ1n) is 15.1. The molecule has 0 aliphatic heterocycles. The van der Waals surface area contributed by atoms with E-state index in [1.807, 2.05) is 0 Å². The van der Waals surface area contributed by atoms with Crippen LogP contribution < -0.4 is 24.2 Å². The largest absolute Gasteiger partial charge is 1.00 e. The molecule has 0 fully saturated rings. The predicted molar refractivity (Wildman–Crippen MR) is 205 cm³/mol. The summed E-state index contributed by atoms with van der Waals surface area (Å²) in [6.07, 6.45) is 0. The SMILES string of the molecule is C[Si](C)(C)C(c1cc(C([Si](C)(C)C)([Si](C)(C)C)[Si](C)(C)C)cc(C([Si](C)(C)C)[Si](C)(C)C)c1[PH-])[Si](C)(C)C.[Li+]. The number of hydrogen-bond acceptors (Lipinski definition) is 0.